The van der Waals surface area contributed by atoms with Crippen molar-refractivity contribution in [2.24, 2.45) is 5.92 Å². The lowest BCUT2D eigenvalue weighted by molar-refractivity contribution is -0.119. The fourth-order valence-corrected chi connectivity index (χ4v) is 3.62. The minimum absolute atomic E-state index is 0.0503. The van der Waals surface area contributed by atoms with E-state index in [0.717, 1.165) is 35.9 Å². The van der Waals surface area contributed by atoms with E-state index in [2.05, 4.69) is 66.8 Å². The minimum atomic E-state index is 0.0503. The molecule has 26 heavy (non-hydrogen) atoms. The van der Waals surface area contributed by atoms with Crippen LogP contribution >= 0.6 is 11.8 Å². The van der Waals surface area contributed by atoms with E-state index in [-0.39, 0.29) is 11.9 Å². The lowest BCUT2D eigenvalue weighted by Crippen LogP contribution is -2.34. The number of benzene rings is 1. The highest BCUT2D eigenvalue weighted by Gasteiger charge is 2.16. The van der Waals surface area contributed by atoms with Gasteiger partial charge >= 0.3 is 0 Å². The summed E-state index contributed by atoms with van der Waals surface area (Å²) in [4.78, 5) is 12.2. The standard InChI is InChI=1S/C20H30N4OS/c1-6-24-19(17-10-8-7-9-15(17)4)22-23-20(24)26-13-18(25)21-16(5)12-11-14(2)3/h7-10,14,16H,6,11-13H2,1-5H3,(H,21,25)/t16-/m0/s1. The van der Waals surface area contributed by atoms with Crippen molar-refractivity contribution in [2.45, 2.75) is 65.2 Å². The number of carbonyl (C=O) groups excluding carboxylic acids is 1. The molecule has 5 nitrogen and oxygen atoms in total. The van der Waals surface area contributed by atoms with Gasteiger partial charge < -0.3 is 9.88 Å². The molecule has 1 heterocycles. The van der Waals surface area contributed by atoms with Crippen LogP contribution in [0.5, 0.6) is 0 Å². The highest BCUT2D eigenvalue weighted by Crippen LogP contribution is 2.26. The molecule has 0 unspecified atom stereocenters. The average Bonchev–Trinajstić information content (AvgIpc) is 3.01. The molecular formula is C20H30N4OS. The molecule has 0 radical (unpaired) electrons. The van der Waals surface area contributed by atoms with Crippen molar-refractivity contribution >= 4 is 17.7 Å². The minimum Gasteiger partial charge on any atom is -0.353 e. The van der Waals surface area contributed by atoms with E-state index in [9.17, 15) is 4.79 Å². The van der Waals surface area contributed by atoms with Crippen LogP contribution in [0.25, 0.3) is 11.4 Å². The number of nitrogens with zero attached hydrogens (tertiary/aromatic N) is 3. The number of rotatable bonds is 9. The highest BCUT2D eigenvalue weighted by atomic mass is 32.2. The van der Waals surface area contributed by atoms with E-state index in [1.807, 2.05) is 12.1 Å². The van der Waals surface area contributed by atoms with Crippen LogP contribution in [0.2, 0.25) is 0 Å². The Bertz CT molecular complexity index is 726. The van der Waals surface area contributed by atoms with Crippen molar-refractivity contribution in [1.82, 2.24) is 20.1 Å². The van der Waals surface area contributed by atoms with Crippen LogP contribution in [0.1, 0.15) is 46.1 Å². The largest absolute Gasteiger partial charge is 0.353 e. The van der Waals surface area contributed by atoms with Gasteiger partial charge in [0.15, 0.2) is 11.0 Å². The molecule has 2 aromatic rings. The van der Waals surface area contributed by atoms with Crippen molar-refractivity contribution in [1.29, 1.82) is 0 Å². The van der Waals surface area contributed by atoms with Gasteiger partial charge in [0.1, 0.15) is 0 Å². The topological polar surface area (TPSA) is 59.8 Å². The Balaban J connectivity index is 1.98. The second kappa shape index (κ2) is 9.76. The van der Waals surface area contributed by atoms with Gasteiger partial charge in [0.25, 0.3) is 0 Å². The van der Waals surface area contributed by atoms with Gasteiger partial charge in [-0.1, -0.05) is 49.9 Å². The van der Waals surface area contributed by atoms with E-state index < -0.39 is 0 Å². The predicted octanol–water partition coefficient (Wildman–Crippen LogP) is 4.31. The van der Waals surface area contributed by atoms with Crippen LogP contribution in [0.15, 0.2) is 29.4 Å². The first-order chi connectivity index (χ1) is 12.4. The Morgan fingerprint density at radius 1 is 1.19 bits per heavy atom. The highest BCUT2D eigenvalue weighted by molar-refractivity contribution is 7.99. The molecule has 1 amide bonds. The summed E-state index contributed by atoms with van der Waals surface area (Å²) in [6.07, 6.45) is 2.13. The lowest BCUT2D eigenvalue weighted by Gasteiger charge is -2.15. The molecule has 0 aliphatic rings. The molecule has 1 N–H and O–H groups in total. The monoisotopic (exact) mass is 374 g/mol. The Morgan fingerprint density at radius 3 is 2.58 bits per heavy atom. The third-order valence-corrected chi connectivity index (χ3v) is 5.30. The van der Waals surface area contributed by atoms with Gasteiger partial charge in [-0.2, -0.15) is 0 Å². The second-order valence-corrected chi connectivity index (χ2v) is 8.04. The lowest BCUT2D eigenvalue weighted by atomic mass is 10.0. The van der Waals surface area contributed by atoms with Crippen molar-refractivity contribution in [3.05, 3.63) is 29.8 Å². The van der Waals surface area contributed by atoms with Crippen LogP contribution in [0.3, 0.4) is 0 Å². The Kier molecular flexibility index (Phi) is 7.69. The molecule has 0 bridgehead atoms. The second-order valence-electron chi connectivity index (χ2n) is 7.09. The number of hydrogen-bond donors (Lipinski definition) is 1. The van der Waals surface area contributed by atoms with E-state index in [0.29, 0.717) is 11.7 Å². The zero-order valence-electron chi connectivity index (χ0n) is 16.5. The molecule has 1 aromatic heterocycles. The zero-order chi connectivity index (χ0) is 19.1. The smallest absolute Gasteiger partial charge is 0.230 e. The van der Waals surface area contributed by atoms with Gasteiger partial charge in [-0.3, -0.25) is 4.79 Å². The summed E-state index contributed by atoms with van der Waals surface area (Å²) < 4.78 is 2.07. The molecule has 0 spiro atoms. The number of aryl methyl sites for hydroxylation is 1. The van der Waals surface area contributed by atoms with Gasteiger partial charge in [0, 0.05) is 18.2 Å². The molecule has 2 rings (SSSR count). The third kappa shape index (κ3) is 5.59. The summed E-state index contributed by atoms with van der Waals surface area (Å²) in [5, 5.41) is 12.5. The predicted molar refractivity (Wildman–Crippen MR) is 108 cm³/mol. The number of nitrogens with one attached hydrogen (secondary N) is 1. The number of amides is 1. The summed E-state index contributed by atoms with van der Waals surface area (Å²) in [5.74, 6) is 1.93. The zero-order valence-corrected chi connectivity index (χ0v) is 17.3. The summed E-state index contributed by atoms with van der Waals surface area (Å²) in [6, 6.07) is 8.37. The first-order valence-electron chi connectivity index (χ1n) is 9.33. The molecule has 0 saturated carbocycles. The fraction of sp³-hybridized carbons (Fsp3) is 0.550. The van der Waals surface area contributed by atoms with E-state index >= 15 is 0 Å². The first kappa shape index (κ1) is 20.5. The molecule has 0 aliphatic carbocycles. The SMILES string of the molecule is CCn1c(SCC(=O)N[C@@H](C)CCC(C)C)nnc1-c1ccccc1C. The maximum absolute atomic E-state index is 12.2. The maximum atomic E-state index is 12.2. The van der Waals surface area contributed by atoms with E-state index in [1.165, 1.54) is 17.3 Å². The number of carbonyl (C=O) groups is 1. The molecule has 0 saturated heterocycles. The molecule has 142 valence electrons. The van der Waals surface area contributed by atoms with Crippen LogP contribution in [-0.4, -0.2) is 32.5 Å². The summed E-state index contributed by atoms with van der Waals surface area (Å²) >= 11 is 1.44. The fourth-order valence-electron chi connectivity index (χ4n) is 2.81. The van der Waals surface area contributed by atoms with E-state index in [1.54, 1.807) is 0 Å². The number of aromatic nitrogens is 3. The first-order valence-corrected chi connectivity index (χ1v) is 10.3. The number of hydrogen-bond acceptors (Lipinski definition) is 4. The van der Waals surface area contributed by atoms with Gasteiger partial charge in [0.2, 0.25) is 5.91 Å². The third-order valence-electron chi connectivity index (χ3n) is 4.34. The molecule has 1 aromatic carbocycles. The molecular weight excluding hydrogens is 344 g/mol. The van der Waals surface area contributed by atoms with Crippen LogP contribution in [0, 0.1) is 12.8 Å². The molecule has 0 fully saturated rings. The Labute approximate surface area is 161 Å². The van der Waals surface area contributed by atoms with E-state index in [4.69, 9.17) is 0 Å². The molecule has 6 heteroatoms. The van der Waals surface area contributed by atoms with Gasteiger partial charge in [-0.15, -0.1) is 10.2 Å². The van der Waals surface area contributed by atoms with Crippen LogP contribution < -0.4 is 5.32 Å². The van der Waals surface area contributed by atoms with Crippen LogP contribution in [-0.2, 0) is 11.3 Å². The van der Waals surface area contributed by atoms with Crippen LogP contribution in [0.4, 0.5) is 0 Å². The summed E-state index contributed by atoms with van der Waals surface area (Å²) in [7, 11) is 0. The van der Waals surface area contributed by atoms with Gasteiger partial charge in [-0.25, -0.2) is 0 Å². The van der Waals surface area contributed by atoms with Crippen molar-refractivity contribution in [2.75, 3.05) is 5.75 Å². The molecule has 1 atom stereocenters. The van der Waals surface area contributed by atoms with Crippen molar-refractivity contribution in [3.63, 3.8) is 0 Å². The summed E-state index contributed by atoms with van der Waals surface area (Å²) in [6.45, 7) is 11.4. The average molecular weight is 375 g/mol. The Morgan fingerprint density at radius 2 is 1.92 bits per heavy atom. The van der Waals surface area contributed by atoms with Gasteiger partial charge in [-0.05, 0) is 45.1 Å². The number of thioether (sulfide) groups is 1. The van der Waals surface area contributed by atoms with Crippen molar-refractivity contribution in [3.8, 4) is 11.4 Å². The summed E-state index contributed by atoms with van der Waals surface area (Å²) in [5.41, 5.74) is 2.25. The maximum Gasteiger partial charge on any atom is 0.230 e. The normalized spacial score (nSPS) is 12.4. The Hall–Kier alpha value is -1.82. The molecule has 0 aliphatic heterocycles. The quantitative estimate of drug-likeness (QED) is 0.665. The van der Waals surface area contributed by atoms with Crippen molar-refractivity contribution < 1.29 is 4.79 Å². The van der Waals surface area contributed by atoms with Gasteiger partial charge in [0.05, 0.1) is 5.75 Å².